The number of H-pyrrole nitrogens is 1. The minimum atomic E-state index is -0.263. The number of anilines is 1. The van der Waals surface area contributed by atoms with Gasteiger partial charge in [-0.05, 0) is 30.3 Å². The Morgan fingerprint density at radius 3 is 2.59 bits per heavy atom. The number of aromatic amines is 1. The highest BCUT2D eigenvalue weighted by atomic mass is 16.5. The molecule has 0 bridgehead atoms. The van der Waals surface area contributed by atoms with Gasteiger partial charge in [-0.15, -0.1) is 0 Å². The highest BCUT2D eigenvalue weighted by Crippen LogP contribution is 2.36. The first-order chi connectivity index (χ1) is 13.3. The van der Waals surface area contributed by atoms with E-state index in [4.69, 9.17) is 4.74 Å². The highest BCUT2D eigenvalue weighted by molar-refractivity contribution is 5.85. The average molecular weight is 358 g/mol. The second-order valence-electron chi connectivity index (χ2n) is 6.21. The van der Waals surface area contributed by atoms with Crippen LogP contribution in [0.2, 0.25) is 0 Å². The zero-order valence-corrected chi connectivity index (χ0v) is 14.9. The Morgan fingerprint density at radius 1 is 1.00 bits per heavy atom. The van der Waals surface area contributed by atoms with Gasteiger partial charge < -0.3 is 9.84 Å². The number of phenolic OH excluding ortho intramolecular Hbond substituents is 1. The van der Waals surface area contributed by atoms with Crippen LogP contribution in [0.5, 0.6) is 11.5 Å². The summed E-state index contributed by atoms with van der Waals surface area (Å²) in [5, 5.41) is 15.3. The zero-order chi connectivity index (χ0) is 18.6. The van der Waals surface area contributed by atoms with E-state index >= 15 is 0 Å². The summed E-state index contributed by atoms with van der Waals surface area (Å²) >= 11 is 0. The Bertz CT molecular complexity index is 1050. The van der Waals surface area contributed by atoms with E-state index in [0.29, 0.717) is 5.52 Å². The van der Waals surface area contributed by atoms with Gasteiger partial charge in [0.2, 0.25) is 0 Å². The summed E-state index contributed by atoms with van der Waals surface area (Å²) in [5.41, 5.74) is 2.34. The van der Waals surface area contributed by atoms with Gasteiger partial charge in [-0.3, -0.25) is 10.3 Å². The molecule has 0 aliphatic carbocycles. The lowest BCUT2D eigenvalue weighted by Crippen LogP contribution is -2.18. The largest absolute Gasteiger partial charge is 0.505 e. The molecular weight excluding hydrogens is 338 g/mol. The number of aromatic hydroxyl groups is 1. The molecule has 4 rings (SSSR count). The molecule has 0 spiro atoms. The van der Waals surface area contributed by atoms with Gasteiger partial charge in [0.1, 0.15) is 23.1 Å². The minimum absolute atomic E-state index is 0.178. The van der Waals surface area contributed by atoms with Crippen LogP contribution in [0.15, 0.2) is 79.1 Å². The number of benzene rings is 2. The van der Waals surface area contributed by atoms with E-state index in [2.05, 4.69) is 15.3 Å². The predicted molar refractivity (Wildman–Crippen MR) is 105 cm³/mol. The molecule has 2 aromatic heterocycles. The van der Waals surface area contributed by atoms with Crippen molar-refractivity contribution in [3.63, 3.8) is 0 Å². The summed E-state index contributed by atoms with van der Waals surface area (Å²) in [6, 6.07) is 21.1. The number of fused-ring (bicyclic) bond motifs is 1. The lowest BCUT2D eigenvalue weighted by Gasteiger charge is -2.18. The van der Waals surface area contributed by atoms with Gasteiger partial charge in [0.25, 0.3) is 5.82 Å². The van der Waals surface area contributed by atoms with Crippen molar-refractivity contribution in [2.75, 3.05) is 12.4 Å². The molecule has 2 heterocycles. The lowest BCUT2D eigenvalue weighted by molar-refractivity contribution is -0.361. The van der Waals surface area contributed by atoms with Gasteiger partial charge in [0, 0.05) is 28.8 Å². The average Bonchev–Trinajstić information content (AvgIpc) is 2.74. The van der Waals surface area contributed by atoms with E-state index in [1.807, 2.05) is 72.9 Å². The van der Waals surface area contributed by atoms with Crippen molar-refractivity contribution in [1.29, 1.82) is 0 Å². The van der Waals surface area contributed by atoms with Crippen molar-refractivity contribution in [2.45, 2.75) is 6.04 Å². The third-order valence-electron chi connectivity index (χ3n) is 4.55. The van der Waals surface area contributed by atoms with Gasteiger partial charge in [0.15, 0.2) is 0 Å². The van der Waals surface area contributed by atoms with Crippen LogP contribution in [0.4, 0.5) is 5.82 Å². The van der Waals surface area contributed by atoms with Crippen molar-refractivity contribution < 1.29 is 14.8 Å². The van der Waals surface area contributed by atoms with Crippen LogP contribution in [0.3, 0.4) is 0 Å². The highest BCUT2D eigenvalue weighted by Gasteiger charge is 2.24. The minimum Gasteiger partial charge on any atom is -0.505 e. The number of aromatic nitrogens is 2. The molecule has 0 saturated carbocycles. The summed E-state index contributed by atoms with van der Waals surface area (Å²) in [5.74, 6) is 1.81. The molecule has 134 valence electrons. The van der Waals surface area contributed by atoms with Crippen LogP contribution in [-0.4, -0.2) is 17.2 Å². The first-order valence-electron chi connectivity index (χ1n) is 8.70. The van der Waals surface area contributed by atoms with Crippen LogP contribution in [0.1, 0.15) is 17.2 Å². The molecule has 2 aromatic carbocycles. The van der Waals surface area contributed by atoms with Gasteiger partial charge >= 0.3 is 0 Å². The molecule has 0 radical (unpaired) electrons. The molecule has 1 atom stereocenters. The van der Waals surface area contributed by atoms with Gasteiger partial charge in [-0.25, -0.2) is 4.98 Å². The monoisotopic (exact) mass is 358 g/mol. The number of pyridine rings is 2. The molecule has 3 N–H and O–H groups in total. The molecule has 0 aliphatic rings. The lowest BCUT2D eigenvalue weighted by atomic mass is 9.96. The number of nitrogens with one attached hydrogen (secondary N) is 2. The number of nitrogens with zero attached hydrogens (tertiary/aromatic N) is 1. The van der Waals surface area contributed by atoms with Crippen molar-refractivity contribution in [3.05, 3.63) is 90.3 Å². The Labute approximate surface area is 157 Å². The van der Waals surface area contributed by atoms with Crippen LogP contribution in [0.25, 0.3) is 10.9 Å². The molecule has 4 aromatic rings. The number of hydrogen-bond donors (Lipinski definition) is 2. The van der Waals surface area contributed by atoms with E-state index in [-0.39, 0.29) is 11.8 Å². The Balaban J connectivity index is 1.83. The fourth-order valence-corrected chi connectivity index (χ4v) is 3.15. The maximum atomic E-state index is 10.9. The smallest absolute Gasteiger partial charge is 0.272 e. The first-order valence-corrected chi connectivity index (χ1v) is 8.70. The number of methoxy groups -OCH3 is 1. The predicted octanol–water partition coefficient (Wildman–Crippen LogP) is 3.96. The maximum absolute atomic E-state index is 10.9. The van der Waals surface area contributed by atoms with E-state index in [9.17, 15) is 5.11 Å². The number of hydrogen-bond acceptors (Lipinski definition) is 4. The number of phenols is 1. The number of ether oxygens (including phenoxy) is 1. The van der Waals surface area contributed by atoms with Crippen LogP contribution in [0, 0.1) is 0 Å². The zero-order valence-electron chi connectivity index (χ0n) is 14.9. The van der Waals surface area contributed by atoms with Crippen molar-refractivity contribution in [1.82, 2.24) is 4.98 Å². The third kappa shape index (κ3) is 3.40. The molecule has 27 heavy (non-hydrogen) atoms. The van der Waals surface area contributed by atoms with Crippen LogP contribution >= 0.6 is 0 Å². The normalized spacial score (nSPS) is 11.9. The molecule has 5 heteroatoms. The van der Waals surface area contributed by atoms with Crippen molar-refractivity contribution in [3.8, 4) is 11.5 Å². The summed E-state index contributed by atoms with van der Waals surface area (Å²) in [4.78, 5) is 7.53. The Hall–Kier alpha value is -3.60. The molecule has 0 amide bonds. The van der Waals surface area contributed by atoms with E-state index in [1.54, 1.807) is 13.3 Å². The van der Waals surface area contributed by atoms with E-state index in [0.717, 1.165) is 28.1 Å². The van der Waals surface area contributed by atoms with Gasteiger partial charge in [-0.2, -0.15) is 0 Å². The van der Waals surface area contributed by atoms with Gasteiger partial charge in [0.05, 0.1) is 13.3 Å². The summed E-state index contributed by atoms with van der Waals surface area (Å²) < 4.78 is 5.27. The van der Waals surface area contributed by atoms with Crippen LogP contribution < -0.4 is 15.0 Å². The summed E-state index contributed by atoms with van der Waals surface area (Å²) in [7, 11) is 1.64. The Kier molecular flexibility index (Phi) is 4.58. The molecular formula is C22H20N3O2+. The summed E-state index contributed by atoms with van der Waals surface area (Å²) in [6.07, 6.45) is 3.54. The van der Waals surface area contributed by atoms with Crippen molar-refractivity contribution >= 4 is 16.7 Å². The quantitative estimate of drug-likeness (QED) is 0.566. The second kappa shape index (κ2) is 7.33. The van der Waals surface area contributed by atoms with Gasteiger partial charge in [-0.1, -0.05) is 30.3 Å². The molecule has 0 saturated heterocycles. The standard InChI is InChI=1S/C22H19N3O2/c1-27-17-10-7-16(8-11-17)20(25-19-6-2-3-13-23-19)18-12-9-15-5-4-14-24-21(15)22(18)26/h2-14,20,26H,1H3,(H,23,25)/p+1/t20-/m0/s1. The maximum Gasteiger partial charge on any atom is 0.272 e. The Morgan fingerprint density at radius 2 is 1.85 bits per heavy atom. The second-order valence-corrected chi connectivity index (χ2v) is 6.21. The topological polar surface area (TPSA) is 68.5 Å². The SMILES string of the molecule is COc1ccc([C@H](Nc2cccc[nH+]2)c2ccc3cccnc3c2O)cc1. The molecule has 5 nitrogen and oxygen atoms in total. The summed E-state index contributed by atoms with van der Waals surface area (Å²) in [6.45, 7) is 0. The molecule has 0 aliphatic heterocycles. The molecule has 0 fully saturated rings. The fourth-order valence-electron chi connectivity index (χ4n) is 3.15. The van der Waals surface area contributed by atoms with E-state index in [1.165, 1.54) is 0 Å². The number of rotatable bonds is 5. The molecule has 0 unspecified atom stereocenters. The van der Waals surface area contributed by atoms with E-state index < -0.39 is 0 Å². The third-order valence-corrected chi connectivity index (χ3v) is 4.55. The fraction of sp³-hybridized carbons (Fsp3) is 0.0909. The van der Waals surface area contributed by atoms with Crippen LogP contribution in [-0.2, 0) is 0 Å². The first kappa shape index (κ1) is 16.8. The van der Waals surface area contributed by atoms with Crippen molar-refractivity contribution in [2.24, 2.45) is 0 Å².